The SMILES string of the molecule is O=C(O)C1CC[C@@H](O)[C@H](F)C1. The number of carbonyl (C=O) groups is 1. The van der Waals surface area contributed by atoms with Gasteiger partial charge >= 0.3 is 5.97 Å². The first kappa shape index (κ1) is 8.46. The van der Waals surface area contributed by atoms with E-state index in [0.717, 1.165) is 0 Å². The topological polar surface area (TPSA) is 57.5 Å². The molecule has 0 amide bonds. The molecule has 1 aliphatic rings. The summed E-state index contributed by atoms with van der Waals surface area (Å²) in [6.45, 7) is 0. The molecule has 64 valence electrons. The molecule has 2 N–H and O–H groups in total. The Morgan fingerprint density at radius 1 is 1.45 bits per heavy atom. The van der Waals surface area contributed by atoms with Gasteiger partial charge in [-0.25, -0.2) is 4.39 Å². The van der Waals surface area contributed by atoms with Crippen LogP contribution in [0.3, 0.4) is 0 Å². The van der Waals surface area contributed by atoms with E-state index in [-0.39, 0.29) is 12.8 Å². The van der Waals surface area contributed by atoms with Crippen LogP contribution >= 0.6 is 0 Å². The number of aliphatic carboxylic acids is 1. The minimum Gasteiger partial charge on any atom is -0.481 e. The lowest BCUT2D eigenvalue weighted by Gasteiger charge is -2.25. The first-order valence-electron chi connectivity index (χ1n) is 3.66. The van der Waals surface area contributed by atoms with Crippen LogP contribution in [0.5, 0.6) is 0 Å². The summed E-state index contributed by atoms with van der Waals surface area (Å²) in [7, 11) is 0. The lowest BCUT2D eigenvalue weighted by atomic mass is 9.86. The summed E-state index contributed by atoms with van der Waals surface area (Å²) in [5.41, 5.74) is 0. The molecule has 1 fully saturated rings. The average molecular weight is 162 g/mol. The van der Waals surface area contributed by atoms with Crippen LogP contribution in [0.25, 0.3) is 0 Å². The quantitative estimate of drug-likeness (QED) is 0.592. The van der Waals surface area contributed by atoms with E-state index in [1.807, 2.05) is 0 Å². The molecule has 1 unspecified atom stereocenters. The number of rotatable bonds is 1. The van der Waals surface area contributed by atoms with Crippen molar-refractivity contribution in [3.63, 3.8) is 0 Å². The van der Waals surface area contributed by atoms with Gasteiger partial charge in [0.1, 0.15) is 6.17 Å². The number of hydrogen-bond donors (Lipinski definition) is 2. The zero-order valence-corrected chi connectivity index (χ0v) is 6.03. The van der Waals surface area contributed by atoms with E-state index in [1.165, 1.54) is 0 Å². The fourth-order valence-corrected chi connectivity index (χ4v) is 1.32. The highest BCUT2D eigenvalue weighted by atomic mass is 19.1. The van der Waals surface area contributed by atoms with Gasteiger partial charge in [-0.05, 0) is 19.3 Å². The smallest absolute Gasteiger partial charge is 0.306 e. The molecule has 0 aliphatic heterocycles. The zero-order chi connectivity index (χ0) is 8.43. The molecule has 0 spiro atoms. The van der Waals surface area contributed by atoms with Gasteiger partial charge in [0.2, 0.25) is 0 Å². The van der Waals surface area contributed by atoms with Crippen molar-refractivity contribution in [1.82, 2.24) is 0 Å². The summed E-state index contributed by atoms with van der Waals surface area (Å²) in [6.07, 6.45) is -1.71. The van der Waals surface area contributed by atoms with Crippen LogP contribution < -0.4 is 0 Å². The minimum absolute atomic E-state index is 0.0451. The number of aliphatic hydroxyl groups is 1. The van der Waals surface area contributed by atoms with Crippen molar-refractivity contribution >= 4 is 5.97 Å². The van der Waals surface area contributed by atoms with Crippen molar-refractivity contribution in [3.8, 4) is 0 Å². The van der Waals surface area contributed by atoms with E-state index in [4.69, 9.17) is 10.2 Å². The molecule has 0 heterocycles. The fraction of sp³-hybridized carbons (Fsp3) is 0.857. The second-order valence-corrected chi connectivity index (χ2v) is 2.93. The normalized spacial score (nSPS) is 38.5. The fourth-order valence-electron chi connectivity index (χ4n) is 1.32. The van der Waals surface area contributed by atoms with Crippen LogP contribution in [-0.4, -0.2) is 28.5 Å². The molecule has 4 heteroatoms. The van der Waals surface area contributed by atoms with E-state index in [0.29, 0.717) is 6.42 Å². The lowest BCUT2D eigenvalue weighted by molar-refractivity contribution is -0.144. The summed E-state index contributed by atoms with van der Waals surface area (Å²) in [6, 6.07) is 0. The number of hydrogen-bond acceptors (Lipinski definition) is 2. The highest BCUT2D eigenvalue weighted by Gasteiger charge is 2.32. The molecule has 0 aromatic rings. The van der Waals surface area contributed by atoms with E-state index >= 15 is 0 Å². The maximum absolute atomic E-state index is 12.7. The van der Waals surface area contributed by atoms with Gasteiger partial charge in [0.05, 0.1) is 12.0 Å². The molecule has 3 atom stereocenters. The summed E-state index contributed by atoms with van der Waals surface area (Å²) >= 11 is 0. The number of alkyl halides is 1. The van der Waals surface area contributed by atoms with Crippen LogP contribution in [0.2, 0.25) is 0 Å². The second-order valence-electron chi connectivity index (χ2n) is 2.93. The van der Waals surface area contributed by atoms with E-state index in [2.05, 4.69) is 0 Å². The van der Waals surface area contributed by atoms with Crippen LogP contribution in [0.1, 0.15) is 19.3 Å². The molecule has 3 nitrogen and oxygen atoms in total. The average Bonchev–Trinajstić information content (AvgIpc) is 1.94. The molecule has 11 heavy (non-hydrogen) atoms. The second kappa shape index (κ2) is 3.17. The number of halogens is 1. The van der Waals surface area contributed by atoms with Crippen molar-refractivity contribution in [3.05, 3.63) is 0 Å². The van der Waals surface area contributed by atoms with Gasteiger partial charge in [0.15, 0.2) is 0 Å². The maximum Gasteiger partial charge on any atom is 0.306 e. The zero-order valence-electron chi connectivity index (χ0n) is 6.03. The Morgan fingerprint density at radius 3 is 2.55 bits per heavy atom. The van der Waals surface area contributed by atoms with Crippen molar-refractivity contribution in [2.24, 2.45) is 5.92 Å². The monoisotopic (exact) mass is 162 g/mol. The number of carboxylic acids is 1. The molecule has 1 rings (SSSR count). The van der Waals surface area contributed by atoms with Gasteiger partial charge in [0, 0.05) is 0 Å². The molecular weight excluding hydrogens is 151 g/mol. The molecule has 1 saturated carbocycles. The van der Waals surface area contributed by atoms with Gasteiger partial charge in [0.25, 0.3) is 0 Å². The maximum atomic E-state index is 12.7. The third-order valence-corrected chi connectivity index (χ3v) is 2.09. The van der Waals surface area contributed by atoms with Crippen LogP contribution in [0.4, 0.5) is 4.39 Å². The molecule has 0 bridgehead atoms. The van der Waals surface area contributed by atoms with Gasteiger partial charge in [-0.2, -0.15) is 0 Å². The van der Waals surface area contributed by atoms with Gasteiger partial charge in [-0.1, -0.05) is 0 Å². The van der Waals surface area contributed by atoms with Gasteiger partial charge in [-0.15, -0.1) is 0 Å². The summed E-state index contributed by atoms with van der Waals surface area (Å²) < 4.78 is 12.7. The first-order valence-corrected chi connectivity index (χ1v) is 3.66. The summed E-state index contributed by atoms with van der Waals surface area (Å²) in [5, 5.41) is 17.4. The number of aliphatic hydroxyl groups excluding tert-OH is 1. The van der Waals surface area contributed by atoms with Crippen molar-refractivity contribution in [2.75, 3.05) is 0 Å². The minimum atomic E-state index is -1.36. The van der Waals surface area contributed by atoms with Crippen LogP contribution in [-0.2, 0) is 4.79 Å². The Kier molecular flexibility index (Phi) is 2.44. The molecule has 0 aromatic carbocycles. The van der Waals surface area contributed by atoms with Gasteiger partial charge < -0.3 is 10.2 Å². The highest BCUT2D eigenvalue weighted by Crippen LogP contribution is 2.26. The Labute approximate surface area is 63.8 Å². The standard InChI is InChI=1S/C7H11FO3/c8-5-3-4(7(10)11)1-2-6(5)9/h4-6,9H,1-3H2,(H,10,11)/t4?,5-,6-/m1/s1. The molecule has 1 aliphatic carbocycles. The third-order valence-electron chi connectivity index (χ3n) is 2.09. The lowest BCUT2D eigenvalue weighted by Crippen LogP contribution is -2.33. The van der Waals surface area contributed by atoms with Crippen LogP contribution in [0, 0.1) is 5.92 Å². The van der Waals surface area contributed by atoms with E-state index in [9.17, 15) is 9.18 Å². The Balaban J connectivity index is 2.46. The summed E-state index contributed by atoms with van der Waals surface area (Å²) in [5.74, 6) is -1.56. The van der Waals surface area contributed by atoms with Crippen molar-refractivity contribution < 1.29 is 19.4 Å². The predicted molar refractivity (Wildman–Crippen MR) is 35.9 cm³/mol. The largest absolute Gasteiger partial charge is 0.481 e. The van der Waals surface area contributed by atoms with Crippen molar-refractivity contribution in [2.45, 2.75) is 31.5 Å². The van der Waals surface area contributed by atoms with Crippen LogP contribution in [0.15, 0.2) is 0 Å². The van der Waals surface area contributed by atoms with Crippen molar-refractivity contribution in [1.29, 1.82) is 0 Å². The summed E-state index contributed by atoms with van der Waals surface area (Å²) in [4.78, 5) is 10.4. The predicted octanol–water partition coefficient (Wildman–Crippen LogP) is 0.570. The molecule has 0 aromatic heterocycles. The van der Waals surface area contributed by atoms with Gasteiger partial charge in [-0.3, -0.25) is 4.79 Å². The Morgan fingerprint density at radius 2 is 2.09 bits per heavy atom. The third kappa shape index (κ3) is 1.89. The Hall–Kier alpha value is -0.640. The van der Waals surface area contributed by atoms with E-state index < -0.39 is 24.2 Å². The molecule has 0 saturated heterocycles. The first-order chi connectivity index (χ1) is 5.11. The number of carboxylic acid groups (broad SMARTS) is 1. The van der Waals surface area contributed by atoms with E-state index in [1.54, 1.807) is 0 Å². The highest BCUT2D eigenvalue weighted by molar-refractivity contribution is 5.70. The molecular formula is C7H11FO3. The molecule has 0 radical (unpaired) electrons. The Bertz CT molecular complexity index is 160.